The molecular weight excluding hydrogens is 395 g/mol. The molecule has 1 spiro atoms. The summed E-state index contributed by atoms with van der Waals surface area (Å²) in [6.45, 7) is 0. The topological polar surface area (TPSA) is 68.3 Å². The van der Waals surface area contributed by atoms with Gasteiger partial charge in [-0.25, -0.2) is 9.18 Å². The minimum Gasteiger partial charge on any atom is -0.450 e. The van der Waals surface area contributed by atoms with Gasteiger partial charge in [0.2, 0.25) is 5.91 Å². The fourth-order valence-corrected chi connectivity index (χ4v) is 5.57. The van der Waals surface area contributed by atoms with Crippen LogP contribution in [0.2, 0.25) is 0 Å². The molecule has 2 saturated carbocycles. The first-order chi connectivity index (χ1) is 15.0. The van der Waals surface area contributed by atoms with Crippen LogP contribution in [0.1, 0.15) is 78.8 Å². The molecule has 0 radical (unpaired) electrons. The quantitative estimate of drug-likeness (QED) is 0.733. The molecule has 5 nitrogen and oxygen atoms in total. The Kier molecular flexibility index (Phi) is 5.24. The molecule has 162 valence electrons. The van der Waals surface area contributed by atoms with Crippen LogP contribution in [0, 0.1) is 11.7 Å². The van der Waals surface area contributed by atoms with Gasteiger partial charge < -0.3 is 10.1 Å². The molecular formula is C25H27FN2O3. The van der Waals surface area contributed by atoms with Gasteiger partial charge in [-0.3, -0.25) is 9.78 Å². The zero-order valence-electron chi connectivity index (χ0n) is 17.5. The molecule has 3 aliphatic rings. The Hall–Kier alpha value is -2.76. The lowest BCUT2D eigenvalue weighted by Crippen LogP contribution is -2.43. The van der Waals surface area contributed by atoms with E-state index in [1.165, 1.54) is 17.7 Å². The van der Waals surface area contributed by atoms with Crippen molar-refractivity contribution >= 4 is 11.9 Å². The number of ether oxygens (including phenoxy) is 1. The maximum atomic E-state index is 13.2. The van der Waals surface area contributed by atoms with Crippen LogP contribution in [0.3, 0.4) is 0 Å². The van der Waals surface area contributed by atoms with E-state index in [1.54, 1.807) is 18.5 Å². The van der Waals surface area contributed by atoms with E-state index in [4.69, 9.17) is 4.74 Å². The number of esters is 1. The smallest absolute Gasteiger partial charge is 0.339 e. The van der Waals surface area contributed by atoms with E-state index >= 15 is 0 Å². The van der Waals surface area contributed by atoms with Crippen LogP contribution in [0.5, 0.6) is 0 Å². The van der Waals surface area contributed by atoms with Crippen molar-refractivity contribution in [1.82, 2.24) is 10.3 Å². The second-order valence-corrected chi connectivity index (χ2v) is 9.19. The zero-order chi connectivity index (χ0) is 21.4. The van der Waals surface area contributed by atoms with Crippen molar-refractivity contribution in [2.45, 2.75) is 68.9 Å². The van der Waals surface area contributed by atoms with Crippen molar-refractivity contribution in [2.75, 3.05) is 0 Å². The second kappa shape index (κ2) is 8.06. The number of rotatable bonds is 3. The standard InChI is InChI=1S/C25H27FN2O3/c26-19-5-1-16(2-6-19)17-3-7-20(8-4-17)28-23(29)18-9-12-25(13-10-18)22-15-27-14-11-21(22)24(30)31-25/h1-2,5-6,11,14-15,17-18,20H,3-4,7-10,12-13H2,(H,28,29)/t17-,18-,20-,25+. The van der Waals surface area contributed by atoms with Crippen molar-refractivity contribution in [2.24, 2.45) is 5.92 Å². The van der Waals surface area contributed by atoms with Gasteiger partial charge >= 0.3 is 5.97 Å². The monoisotopic (exact) mass is 422 g/mol. The van der Waals surface area contributed by atoms with Crippen LogP contribution in [0.25, 0.3) is 0 Å². The molecule has 0 bridgehead atoms. The molecule has 5 rings (SSSR count). The van der Waals surface area contributed by atoms with Crippen LogP contribution in [0.15, 0.2) is 42.7 Å². The fourth-order valence-electron chi connectivity index (χ4n) is 5.57. The van der Waals surface area contributed by atoms with Gasteiger partial charge in [0.25, 0.3) is 0 Å². The number of pyridine rings is 1. The Morgan fingerprint density at radius 1 is 1.03 bits per heavy atom. The number of aromatic nitrogens is 1. The van der Waals surface area contributed by atoms with Crippen molar-refractivity contribution < 1.29 is 18.7 Å². The minimum atomic E-state index is -0.606. The summed E-state index contributed by atoms with van der Waals surface area (Å²) in [5.74, 6) is 0.0361. The highest BCUT2D eigenvalue weighted by molar-refractivity contribution is 5.94. The Bertz CT molecular complexity index is 975. The van der Waals surface area contributed by atoms with E-state index in [2.05, 4.69) is 10.3 Å². The molecule has 6 heteroatoms. The summed E-state index contributed by atoms with van der Waals surface area (Å²) in [6.07, 6.45) is 9.98. The molecule has 0 unspecified atom stereocenters. The third-order valence-corrected chi connectivity index (χ3v) is 7.40. The van der Waals surface area contributed by atoms with E-state index < -0.39 is 5.60 Å². The first kappa shape index (κ1) is 20.2. The molecule has 0 saturated heterocycles. The molecule has 1 aliphatic heterocycles. The summed E-state index contributed by atoms with van der Waals surface area (Å²) in [4.78, 5) is 29.3. The van der Waals surface area contributed by atoms with Crippen molar-refractivity contribution in [1.29, 1.82) is 0 Å². The molecule has 0 atom stereocenters. The van der Waals surface area contributed by atoms with Gasteiger partial charge in [0.05, 0.1) is 5.56 Å². The van der Waals surface area contributed by atoms with E-state index in [1.807, 2.05) is 12.1 Å². The molecule has 1 aromatic heterocycles. The molecule has 1 amide bonds. The molecule has 2 heterocycles. The average Bonchev–Trinajstić information content (AvgIpc) is 3.07. The summed E-state index contributed by atoms with van der Waals surface area (Å²) in [5.41, 5.74) is 2.06. The molecule has 2 fully saturated rings. The lowest BCUT2D eigenvalue weighted by molar-refractivity contribution is -0.129. The first-order valence-electron chi connectivity index (χ1n) is 11.3. The Morgan fingerprint density at radius 2 is 1.74 bits per heavy atom. The van der Waals surface area contributed by atoms with Gasteiger partial charge in [-0.05, 0) is 81.0 Å². The Labute approximate surface area is 181 Å². The van der Waals surface area contributed by atoms with Crippen LogP contribution >= 0.6 is 0 Å². The van der Waals surface area contributed by atoms with E-state index in [0.717, 1.165) is 31.2 Å². The summed E-state index contributed by atoms with van der Waals surface area (Å²) in [5, 5.41) is 3.26. The second-order valence-electron chi connectivity index (χ2n) is 9.19. The molecule has 2 aromatic rings. The van der Waals surface area contributed by atoms with Crippen molar-refractivity contribution in [3.8, 4) is 0 Å². The average molecular weight is 423 g/mol. The largest absolute Gasteiger partial charge is 0.450 e. The lowest BCUT2D eigenvalue weighted by Gasteiger charge is -2.36. The van der Waals surface area contributed by atoms with Crippen LogP contribution in [-0.4, -0.2) is 22.9 Å². The lowest BCUT2D eigenvalue weighted by atomic mass is 9.75. The summed E-state index contributed by atoms with van der Waals surface area (Å²) < 4.78 is 18.9. The SMILES string of the molecule is O=C1O[C@]2(CC[C@@H](C(=O)N[C@H]3CC[C@H](c4ccc(F)cc4)CC3)CC2)c2cnccc21. The third kappa shape index (κ3) is 3.84. The number of hydrogen-bond donors (Lipinski definition) is 1. The van der Waals surface area contributed by atoms with Gasteiger partial charge in [0.15, 0.2) is 0 Å². The molecule has 1 N–H and O–H groups in total. The summed E-state index contributed by atoms with van der Waals surface area (Å²) >= 11 is 0. The Morgan fingerprint density at radius 3 is 2.45 bits per heavy atom. The predicted octanol–water partition coefficient (Wildman–Crippen LogP) is 4.62. The van der Waals surface area contributed by atoms with Gasteiger partial charge in [0.1, 0.15) is 11.4 Å². The fraction of sp³-hybridized carbons (Fsp3) is 0.480. The number of hydrogen-bond acceptors (Lipinski definition) is 4. The highest BCUT2D eigenvalue weighted by atomic mass is 19.1. The highest BCUT2D eigenvalue weighted by Crippen LogP contribution is 2.47. The summed E-state index contributed by atoms with van der Waals surface area (Å²) in [6, 6.07) is 8.72. The van der Waals surface area contributed by atoms with E-state index in [-0.39, 0.29) is 29.7 Å². The van der Waals surface area contributed by atoms with Gasteiger partial charge in [0, 0.05) is 29.9 Å². The number of carbonyl (C=O) groups excluding carboxylic acids is 2. The van der Waals surface area contributed by atoms with Gasteiger partial charge in [-0.15, -0.1) is 0 Å². The number of halogens is 1. The number of fused-ring (bicyclic) bond motifs is 2. The molecule has 2 aliphatic carbocycles. The number of amides is 1. The van der Waals surface area contributed by atoms with E-state index in [9.17, 15) is 14.0 Å². The number of benzene rings is 1. The van der Waals surface area contributed by atoms with E-state index in [0.29, 0.717) is 37.2 Å². The van der Waals surface area contributed by atoms with Crippen LogP contribution in [0.4, 0.5) is 4.39 Å². The normalized spacial score (nSPS) is 30.0. The number of carbonyl (C=O) groups is 2. The molecule has 31 heavy (non-hydrogen) atoms. The maximum Gasteiger partial charge on any atom is 0.339 e. The molecule has 1 aromatic carbocycles. The third-order valence-electron chi connectivity index (χ3n) is 7.40. The van der Waals surface area contributed by atoms with Gasteiger partial charge in [-0.1, -0.05) is 12.1 Å². The zero-order valence-corrected chi connectivity index (χ0v) is 17.5. The predicted molar refractivity (Wildman–Crippen MR) is 113 cm³/mol. The van der Waals surface area contributed by atoms with Crippen molar-refractivity contribution in [3.05, 3.63) is 65.2 Å². The number of nitrogens with one attached hydrogen (secondary N) is 1. The van der Waals surface area contributed by atoms with Crippen molar-refractivity contribution in [3.63, 3.8) is 0 Å². The van der Waals surface area contributed by atoms with Crippen LogP contribution in [-0.2, 0) is 15.1 Å². The summed E-state index contributed by atoms with van der Waals surface area (Å²) in [7, 11) is 0. The first-order valence-corrected chi connectivity index (χ1v) is 11.3. The van der Waals surface area contributed by atoms with Gasteiger partial charge in [-0.2, -0.15) is 0 Å². The minimum absolute atomic E-state index is 0.0418. The number of nitrogens with zero attached hydrogens (tertiary/aromatic N) is 1. The maximum absolute atomic E-state index is 13.2. The van der Waals surface area contributed by atoms with Crippen LogP contribution < -0.4 is 5.32 Å². The highest BCUT2D eigenvalue weighted by Gasteiger charge is 2.48. The Balaban J connectivity index is 1.14.